The highest BCUT2D eigenvalue weighted by Gasteiger charge is 2.28. The monoisotopic (exact) mass is 337 g/mol. The summed E-state index contributed by atoms with van der Waals surface area (Å²) in [6.45, 7) is 2.20. The van der Waals surface area contributed by atoms with Gasteiger partial charge in [-0.15, -0.1) is 0 Å². The van der Waals surface area contributed by atoms with Crippen molar-refractivity contribution in [2.75, 3.05) is 31.1 Å². The molecule has 0 aliphatic carbocycles. The number of rotatable bonds is 3. The third-order valence-electron chi connectivity index (χ3n) is 3.70. The van der Waals surface area contributed by atoms with Gasteiger partial charge in [-0.2, -0.15) is 4.31 Å². The molecule has 2 aromatic rings. The minimum atomic E-state index is -3.44. The van der Waals surface area contributed by atoms with Crippen LogP contribution in [0.5, 0.6) is 0 Å². The maximum Gasteiger partial charge on any atom is 0.243 e. The van der Waals surface area contributed by atoms with Gasteiger partial charge in [-0.1, -0.05) is 17.7 Å². The van der Waals surface area contributed by atoms with E-state index in [2.05, 4.69) is 9.88 Å². The zero-order valence-electron chi connectivity index (χ0n) is 11.9. The number of nitrogens with zero attached hydrogens (tertiary/aromatic N) is 3. The van der Waals surface area contributed by atoms with E-state index in [-0.39, 0.29) is 0 Å². The van der Waals surface area contributed by atoms with Gasteiger partial charge in [-0.3, -0.25) is 4.98 Å². The number of halogens is 1. The molecule has 0 amide bonds. The highest BCUT2D eigenvalue weighted by molar-refractivity contribution is 7.89. The van der Waals surface area contributed by atoms with Crippen molar-refractivity contribution in [3.8, 4) is 0 Å². The summed E-state index contributed by atoms with van der Waals surface area (Å²) in [4.78, 5) is 6.29. The quantitative estimate of drug-likeness (QED) is 0.862. The molecule has 0 saturated carbocycles. The molecule has 1 fully saturated rings. The second-order valence-corrected chi connectivity index (χ2v) is 7.43. The van der Waals surface area contributed by atoms with Gasteiger partial charge in [0.2, 0.25) is 10.0 Å². The van der Waals surface area contributed by atoms with Crippen LogP contribution in [0.2, 0.25) is 5.02 Å². The molecule has 2 heterocycles. The van der Waals surface area contributed by atoms with Gasteiger partial charge in [-0.05, 0) is 30.3 Å². The SMILES string of the molecule is O=S(=O)(c1ccncc1)N1CCN(c2cccc(Cl)c2)CC1. The summed E-state index contributed by atoms with van der Waals surface area (Å²) >= 11 is 6.01. The average Bonchev–Trinajstić information content (AvgIpc) is 2.56. The molecule has 0 spiro atoms. The first-order chi connectivity index (χ1) is 10.6. The maximum atomic E-state index is 12.5. The fourth-order valence-corrected chi connectivity index (χ4v) is 4.11. The highest BCUT2D eigenvalue weighted by Crippen LogP contribution is 2.23. The number of aromatic nitrogens is 1. The molecule has 116 valence electrons. The predicted octanol–water partition coefficient (Wildman–Crippen LogP) is 2.25. The number of benzene rings is 1. The van der Waals surface area contributed by atoms with Gasteiger partial charge in [0.05, 0.1) is 4.90 Å². The van der Waals surface area contributed by atoms with E-state index >= 15 is 0 Å². The van der Waals surface area contributed by atoms with E-state index in [1.165, 1.54) is 28.8 Å². The molecule has 5 nitrogen and oxygen atoms in total. The number of hydrogen-bond donors (Lipinski definition) is 0. The van der Waals surface area contributed by atoms with E-state index < -0.39 is 10.0 Å². The summed E-state index contributed by atoms with van der Waals surface area (Å²) in [5, 5.41) is 0.685. The third kappa shape index (κ3) is 3.09. The van der Waals surface area contributed by atoms with Crippen molar-refractivity contribution in [3.05, 3.63) is 53.8 Å². The second-order valence-electron chi connectivity index (χ2n) is 5.05. The first-order valence-corrected chi connectivity index (χ1v) is 8.80. The summed E-state index contributed by atoms with van der Waals surface area (Å²) in [5.74, 6) is 0. The molecule has 1 saturated heterocycles. The number of sulfonamides is 1. The van der Waals surface area contributed by atoms with Gasteiger partial charge in [0.25, 0.3) is 0 Å². The Bertz CT molecular complexity index is 744. The van der Waals surface area contributed by atoms with Crippen LogP contribution in [0, 0.1) is 0 Å². The number of pyridine rings is 1. The first kappa shape index (κ1) is 15.3. The molecule has 0 radical (unpaired) electrons. The standard InChI is InChI=1S/C15H16ClN3O2S/c16-13-2-1-3-14(12-13)18-8-10-19(11-9-18)22(20,21)15-4-6-17-7-5-15/h1-7,12H,8-11H2. The first-order valence-electron chi connectivity index (χ1n) is 6.98. The van der Waals surface area contributed by atoms with Crippen LogP contribution in [-0.2, 0) is 10.0 Å². The predicted molar refractivity (Wildman–Crippen MR) is 86.7 cm³/mol. The van der Waals surface area contributed by atoms with Crippen LogP contribution in [0.25, 0.3) is 0 Å². The van der Waals surface area contributed by atoms with Gasteiger partial charge in [-0.25, -0.2) is 8.42 Å². The molecule has 22 heavy (non-hydrogen) atoms. The van der Waals surface area contributed by atoms with Gasteiger partial charge in [0.15, 0.2) is 0 Å². The van der Waals surface area contributed by atoms with Crippen molar-refractivity contribution in [2.45, 2.75) is 4.90 Å². The summed E-state index contributed by atoms with van der Waals surface area (Å²) in [7, 11) is -3.44. The lowest BCUT2D eigenvalue weighted by Crippen LogP contribution is -2.48. The van der Waals surface area contributed by atoms with E-state index in [0.717, 1.165) is 5.69 Å². The van der Waals surface area contributed by atoms with Crippen LogP contribution in [0.1, 0.15) is 0 Å². The average molecular weight is 338 g/mol. The van der Waals surface area contributed by atoms with Gasteiger partial charge < -0.3 is 4.90 Å². The second kappa shape index (κ2) is 6.24. The van der Waals surface area contributed by atoms with Crippen LogP contribution in [0.3, 0.4) is 0 Å². The van der Waals surface area contributed by atoms with Crippen molar-refractivity contribution in [1.82, 2.24) is 9.29 Å². The van der Waals surface area contributed by atoms with Gasteiger partial charge >= 0.3 is 0 Å². The summed E-state index contributed by atoms with van der Waals surface area (Å²) in [6, 6.07) is 10.7. The molecular weight excluding hydrogens is 322 g/mol. The zero-order valence-corrected chi connectivity index (χ0v) is 13.5. The minimum absolute atomic E-state index is 0.290. The summed E-state index contributed by atoms with van der Waals surface area (Å²) in [6.07, 6.45) is 2.99. The Morgan fingerprint density at radius 3 is 2.32 bits per heavy atom. The molecule has 0 atom stereocenters. The Morgan fingerprint density at radius 1 is 1.00 bits per heavy atom. The molecule has 0 unspecified atom stereocenters. The van der Waals surface area contributed by atoms with Crippen LogP contribution in [0.15, 0.2) is 53.7 Å². The summed E-state index contributed by atoms with van der Waals surface area (Å²) in [5.41, 5.74) is 1.02. The Hall–Kier alpha value is -1.63. The van der Waals surface area contributed by atoms with Crippen molar-refractivity contribution in [1.29, 1.82) is 0 Å². The Kier molecular flexibility index (Phi) is 4.33. The topological polar surface area (TPSA) is 53.5 Å². The van der Waals surface area contributed by atoms with Gasteiger partial charge in [0, 0.05) is 49.3 Å². The molecule has 0 bridgehead atoms. The molecule has 1 aliphatic rings. The van der Waals surface area contributed by atoms with Crippen molar-refractivity contribution in [3.63, 3.8) is 0 Å². The van der Waals surface area contributed by atoms with Gasteiger partial charge in [0.1, 0.15) is 0 Å². The number of piperazine rings is 1. The number of anilines is 1. The van der Waals surface area contributed by atoms with Crippen LogP contribution < -0.4 is 4.90 Å². The van der Waals surface area contributed by atoms with E-state index in [9.17, 15) is 8.42 Å². The third-order valence-corrected chi connectivity index (χ3v) is 5.85. The van der Waals surface area contributed by atoms with Crippen molar-refractivity contribution in [2.24, 2.45) is 0 Å². The fourth-order valence-electron chi connectivity index (χ4n) is 2.52. The van der Waals surface area contributed by atoms with Crippen molar-refractivity contribution >= 4 is 27.3 Å². The van der Waals surface area contributed by atoms with E-state index in [1.54, 1.807) is 0 Å². The lowest BCUT2D eigenvalue weighted by atomic mass is 10.2. The Labute approximate surface area is 135 Å². The molecular formula is C15H16ClN3O2S. The van der Waals surface area contributed by atoms with E-state index in [1.807, 2.05) is 24.3 Å². The Morgan fingerprint density at radius 2 is 1.68 bits per heavy atom. The maximum absolute atomic E-state index is 12.5. The summed E-state index contributed by atoms with van der Waals surface area (Å²) < 4.78 is 26.6. The molecule has 1 aromatic heterocycles. The molecule has 3 rings (SSSR count). The molecule has 0 N–H and O–H groups in total. The largest absolute Gasteiger partial charge is 0.369 e. The lowest BCUT2D eigenvalue weighted by Gasteiger charge is -2.35. The van der Waals surface area contributed by atoms with Crippen LogP contribution >= 0.6 is 11.6 Å². The van der Waals surface area contributed by atoms with Crippen molar-refractivity contribution < 1.29 is 8.42 Å². The van der Waals surface area contributed by atoms with E-state index in [0.29, 0.717) is 36.1 Å². The number of hydrogen-bond acceptors (Lipinski definition) is 4. The van der Waals surface area contributed by atoms with Crippen LogP contribution in [0.4, 0.5) is 5.69 Å². The normalized spacial score (nSPS) is 16.7. The lowest BCUT2D eigenvalue weighted by molar-refractivity contribution is 0.385. The zero-order chi connectivity index (χ0) is 15.6. The highest BCUT2D eigenvalue weighted by atomic mass is 35.5. The Balaban J connectivity index is 1.72. The van der Waals surface area contributed by atoms with Crippen LogP contribution in [-0.4, -0.2) is 43.9 Å². The molecule has 1 aromatic carbocycles. The minimum Gasteiger partial charge on any atom is -0.369 e. The smallest absolute Gasteiger partial charge is 0.243 e. The van der Waals surface area contributed by atoms with E-state index in [4.69, 9.17) is 11.6 Å². The fraction of sp³-hybridized carbons (Fsp3) is 0.267. The molecule has 1 aliphatic heterocycles. The molecule has 7 heteroatoms.